The Bertz CT molecular complexity index is 678. The number of ether oxygens (including phenoxy) is 3. The summed E-state index contributed by atoms with van der Waals surface area (Å²) in [5.41, 5.74) is 0. The molecule has 0 aliphatic heterocycles. The number of phosphoric acid groups is 1. The van der Waals surface area contributed by atoms with Crippen molar-refractivity contribution >= 4 is 7.82 Å². The molecule has 0 fully saturated rings. The molecule has 0 radical (unpaired) electrons. The molecule has 22 heavy (non-hydrogen) atoms. The summed E-state index contributed by atoms with van der Waals surface area (Å²) >= 11 is 0. The monoisotopic (exact) mass is 326 g/mol. The van der Waals surface area contributed by atoms with Gasteiger partial charge in [0.15, 0.2) is 11.5 Å². The van der Waals surface area contributed by atoms with Gasteiger partial charge in [0.2, 0.25) is 0 Å². The molecular formula is C14H15O7P. The summed E-state index contributed by atoms with van der Waals surface area (Å²) in [5, 5.41) is 0. The van der Waals surface area contributed by atoms with Crippen LogP contribution in [0.4, 0.5) is 0 Å². The number of benzene rings is 2. The van der Waals surface area contributed by atoms with Crippen molar-refractivity contribution in [2.75, 3.05) is 14.2 Å². The highest BCUT2D eigenvalue weighted by molar-refractivity contribution is 7.46. The zero-order chi connectivity index (χ0) is 16.2. The summed E-state index contributed by atoms with van der Waals surface area (Å²) in [4.78, 5) is 17.9. The lowest BCUT2D eigenvalue weighted by Crippen LogP contribution is -1.95. The van der Waals surface area contributed by atoms with Crippen LogP contribution in [0.3, 0.4) is 0 Å². The summed E-state index contributed by atoms with van der Waals surface area (Å²) in [6.45, 7) is 0. The van der Waals surface area contributed by atoms with Crippen molar-refractivity contribution in [3.05, 3.63) is 42.5 Å². The van der Waals surface area contributed by atoms with Crippen LogP contribution in [0.1, 0.15) is 0 Å². The van der Waals surface area contributed by atoms with Crippen molar-refractivity contribution in [3.8, 4) is 28.7 Å². The quantitative estimate of drug-likeness (QED) is 0.788. The van der Waals surface area contributed by atoms with E-state index in [9.17, 15) is 4.57 Å². The van der Waals surface area contributed by atoms with Gasteiger partial charge in [-0.1, -0.05) is 0 Å². The van der Waals surface area contributed by atoms with Crippen molar-refractivity contribution < 1.29 is 33.1 Å². The molecule has 0 aliphatic carbocycles. The highest BCUT2D eigenvalue weighted by atomic mass is 31.2. The molecule has 2 aromatic rings. The second kappa shape index (κ2) is 6.70. The molecule has 2 N–H and O–H groups in total. The lowest BCUT2D eigenvalue weighted by molar-refractivity contribution is 0.278. The van der Waals surface area contributed by atoms with E-state index in [1.807, 2.05) is 0 Å². The van der Waals surface area contributed by atoms with Gasteiger partial charge in [-0.25, -0.2) is 4.57 Å². The van der Waals surface area contributed by atoms with Crippen molar-refractivity contribution in [2.45, 2.75) is 0 Å². The third-order valence-electron chi connectivity index (χ3n) is 2.66. The fourth-order valence-corrected chi connectivity index (χ4v) is 2.08. The molecule has 8 heteroatoms. The molecule has 7 nitrogen and oxygen atoms in total. The Morgan fingerprint density at radius 2 is 1.36 bits per heavy atom. The van der Waals surface area contributed by atoms with Gasteiger partial charge in [0.05, 0.1) is 14.2 Å². The highest BCUT2D eigenvalue weighted by Crippen LogP contribution is 2.44. The number of hydrogen-bond donors (Lipinski definition) is 2. The van der Waals surface area contributed by atoms with Gasteiger partial charge in [-0.2, -0.15) is 0 Å². The lowest BCUT2D eigenvalue weighted by atomic mass is 10.3. The topological polar surface area (TPSA) is 94.5 Å². The lowest BCUT2D eigenvalue weighted by Gasteiger charge is -2.14. The normalized spacial score (nSPS) is 10.9. The van der Waals surface area contributed by atoms with Crippen LogP contribution in [0.15, 0.2) is 42.5 Å². The van der Waals surface area contributed by atoms with Crippen molar-refractivity contribution in [1.29, 1.82) is 0 Å². The van der Waals surface area contributed by atoms with Gasteiger partial charge in [-0.3, -0.25) is 9.79 Å². The van der Waals surface area contributed by atoms with E-state index < -0.39 is 7.82 Å². The number of hydrogen-bond acceptors (Lipinski definition) is 5. The maximum atomic E-state index is 11.0. The van der Waals surface area contributed by atoms with Gasteiger partial charge in [0.1, 0.15) is 17.2 Å². The molecule has 0 unspecified atom stereocenters. The Hall–Kier alpha value is -2.21. The van der Waals surface area contributed by atoms with E-state index >= 15 is 0 Å². The third kappa shape index (κ3) is 4.39. The maximum absolute atomic E-state index is 11.0. The molecule has 0 atom stereocenters. The Morgan fingerprint density at radius 1 is 0.818 bits per heavy atom. The molecule has 0 amide bonds. The van der Waals surface area contributed by atoms with E-state index in [2.05, 4.69) is 4.52 Å². The maximum Gasteiger partial charge on any atom is 0.524 e. The van der Waals surface area contributed by atoms with E-state index in [0.717, 1.165) is 0 Å². The summed E-state index contributed by atoms with van der Waals surface area (Å²) in [5.74, 6) is 1.59. The fourth-order valence-electron chi connectivity index (χ4n) is 1.67. The molecule has 0 heterocycles. The second-order valence-electron chi connectivity index (χ2n) is 4.17. The molecule has 2 rings (SSSR count). The molecule has 0 spiro atoms. The molecular weight excluding hydrogens is 311 g/mol. The van der Waals surface area contributed by atoms with Gasteiger partial charge in [-0.05, 0) is 36.4 Å². The number of methoxy groups -OCH3 is 2. The standard InChI is InChI=1S/C14H15O7P/c1-18-10-3-5-11(6-4-10)20-14-9-12(19-2)7-8-13(14)21-22(15,16)17/h3-9H,1-2H3,(H2,15,16,17). The van der Waals surface area contributed by atoms with E-state index in [1.165, 1.54) is 25.3 Å². The van der Waals surface area contributed by atoms with Gasteiger partial charge >= 0.3 is 7.82 Å². The van der Waals surface area contributed by atoms with Crippen molar-refractivity contribution in [3.63, 3.8) is 0 Å². The summed E-state index contributed by atoms with van der Waals surface area (Å²) in [7, 11) is -1.68. The first-order valence-electron chi connectivity index (χ1n) is 6.16. The Kier molecular flexibility index (Phi) is 4.92. The average molecular weight is 326 g/mol. The van der Waals surface area contributed by atoms with Crippen LogP contribution in [-0.2, 0) is 4.57 Å². The summed E-state index contributed by atoms with van der Waals surface area (Å²) < 4.78 is 31.3. The smallest absolute Gasteiger partial charge is 0.497 e. The molecule has 0 bridgehead atoms. The predicted octanol–water partition coefficient (Wildman–Crippen LogP) is 2.97. The van der Waals surface area contributed by atoms with Crippen molar-refractivity contribution in [1.82, 2.24) is 0 Å². The fraction of sp³-hybridized carbons (Fsp3) is 0.143. The van der Waals surface area contributed by atoms with E-state index in [-0.39, 0.29) is 11.5 Å². The van der Waals surface area contributed by atoms with E-state index in [0.29, 0.717) is 17.2 Å². The molecule has 0 saturated heterocycles. The first-order valence-corrected chi connectivity index (χ1v) is 7.69. The van der Waals surface area contributed by atoms with Crippen LogP contribution in [0, 0.1) is 0 Å². The van der Waals surface area contributed by atoms with E-state index in [1.54, 1.807) is 31.4 Å². The first-order chi connectivity index (χ1) is 10.4. The highest BCUT2D eigenvalue weighted by Gasteiger charge is 2.20. The summed E-state index contributed by atoms with van der Waals surface area (Å²) in [6, 6.07) is 11.0. The van der Waals surface area contributed by atoms with Gasteiger partial charge < -0.3 is 18.7 Å². The predicted molar refractivity (Wildman–Crippen MR) is 78.7 cm³/mol. The second-order valence-corrected chi connectivity index (χ2v) is 5.34. The van der Waals surface area contributed by atoms with Crippen LogP contribution in [0.5, 0.6) is 28.7 Å². The van der Waals surface area contributed by atoms with Gasteiger partial charge in [-0.15, -0.1) is 0 Å². The molecule has 118 valence electrons. The van der Waals surface area contributed by atoms with Gasteiger partial charge in [0.25, 0.3) is 0 Å². The first kappa shape index (κ1) is 16.2. The number of phosphoric ester groups is 1. The zero-order valence-corrected chi connectivity index (χ0v) is 12.8. The van der Waals surface area contributed by atoms with Crippen LogP contribution in [0.2, 0.25) is 0 Å². The minimum atomic E-state index is -4.70. The largest absolute Gasteiger partial charge is 0.524 e. The van der Waals surface area contributed by atoms with E-state index in [4.69, 9.17) is 24.0 Å². The summed E-state index contributed by atoms with van der Waals surface area (Å²) in [6.07, 6.45) is 0. The minimum Gasteiger partial charge on any atom is -0.497 e. The van der Waals surface area contributed by atoms with Crippen LogP contribution in [0.25, 0.3) is 0 Å². The zero-order valence-electron chi connectivity index (χ0n) is 11.9. The minimum absolute atomic E-state index is 0.0926. The average Bonchev–Trinajstić information content (AvgIpc) is 2.48. The molecule has 2 aromatic carbocycles. The van der Waals surface area contributed by atoms with Gasteiger partial charge in [0, 0.05) is 6.07 Å². The molecule has 0 saturated carbocycles. The Morgan fingerprint density at radius 3 is 1.91 bits per heavy atom. The molecule has 0 aliphatic rings. The Balaban J connectivity index is 2.31. The van der Waals surface area contributed by atoms with Crippen molar-refractivity contribution in [2.24, 2.45) is 0 Å². The van der Waals surface area contributed by atoms with Crippen LogP contribution in [-0.4, -0.2) is 24.0 Å². The number of rotatable bonds is 6. The van der Waals surface area contributed by atoms with Crippen LogP contribution >= 0.6 is 7.82 Å². The molecule has 0 aromatic heterocycles. The Labute approximate surface area is 127 Å². The van der Waals surface area contributed by atoms with Crippen LogP contribution < -0.4 is 18.7 Å². The third-order valence-corrected chi connectivity index (χ3v) is 3.09. The SMILES string of the molecule is COc1ccc(Oc2cc(OC)ccc2OP(=O)(O)O)cc1.